The predicted octanol–water partition coefficient (Wildman–Crippen LogP) is 4.15. The van der Waals surface area contributed by atoms with Crippen molar-refractivity contribution in [2.45, 2.75) is 23.4 Å². The van der Waals surface area contributed by atoms with Gasteiger partial charge in [-0.15, -0.1) is 0 Å². The summed E-state index contributed by atoms with van der Waals surface area (Å²) in [4.78, 5) is 32.7. The third-order valence-electron chi connectivity index (χ3n) is 4.91. The number of benzene rings is 2. The molecule has 30 heavy (non-hydrogen) atoms. The van der Waals surface area contributed by atoms with E-state index >= 15 is 0 Å². The number of para-hydroxylation sites is 1. The van der Waals surface area contributed by atoms with Crippen LogP contribution in [0.5, 0.6) is 5.75 Å². The van der Waals surface area contributed by atoms with Gasteiger partial charge in [-0.25, -0.2) is 4.98 Å². The van der Waals surface area contributed by atoms with E-state index in [2.05, 4.69) is 10.3 Å². The maximum absolute atomic E-state index is 13.0. The van der Waals surface area contributed by atoms with Crippen molar-refractivity contribution >= 4 is 29.3 Å². The van der Waals surface area contributed by atoms with Gasteiger partial charge in [-0.05, 0) is 43.3 Å². The Morgan fingerprint density at radius 1 is 1.17 bits per heavy atom. The van der Waals surface area contributed by atoms with Gasteiger partial charge >= 0.3 is 0 Å². The lowest BCUT2D eigenvalue weighted by Gasteiger charge is -2.21. The molecule has 4 rings (SSSR count). The van der Waals surface area contributed by atoms with E-state index in [-0.39, 0.29) is 11.8 Å². The number of aromatic nitrogens is 1. The topological polar surface area (TPSA) is 71.5 Å². The molecule has 0 saturated heterocycles. The summed E-state index contributed by atoms with van der Waals surface area (Å²) in [7, 11) is 1.61. The van der Waals surface area contributed by atoms with Crippen LogP contribution in [0.2, 0.25) is 0 Å². The fourth-order valence-corrected chi connectivity index (χ4v) is 4.45. The molecule has 152 valence electrons. The molecule has 0 radical (unpaired) electrons. The standard InChI is InChI=1S/C23H21N3O3S/c1-3-26-18-11-10-15(21(27)25-14-16-7-4-5-9-19(16)29-2)13-20(18)30-22-17(23(26)28)8-6-12-24-22/h4-13H,3,14H2,1-2H3,(H,25,27). The maximum Gasteiger partial charge on any atom is 0.261 e. The third kappa shape index (κ3) is 3.76. The van der Waals surface area contributed by atoms with Gasteiger partial charge in [0.2, 0.25) is 0 Å². The van der Waals surface area contributed by atoms with Gasteiger partial charge in [-0.1, -0.05) is 30.0 Å². The van der Waals surface area contributed by atoms with Crippen molar-refractivity contribution in [3.8, 4) is 5.75 Å². The minimum Gasteiger partial charge on any atom is -0.496 e. The largest absolute Gasteiger partial charge is 0.496 e. The number of fused-ring (bicyclic) bond motifs is 2. The van der Waals surface area contributed by atoms with Crippen molar-refractivity contribution in [1.29, 1.82) is 0 Å². The first kappa shape index (κ1) is 20.0. The number of hydrogen-bond acceptors (Lipinski definition) is 5. The van der Waals surface area contributed by atoms with Gasteiger partial charge in [0.25, 0.3) is 11.8 Å². The minimum atomic E-state index is -0.191. The molecule has 0 atom stereocenters. The van der Waals surface area contributed by atoms with Crippen LogP contribution in [0.3, 0.4) is 0 Å². The Kier molecular flexibility index (Phi) is 5.72. The highest BCUT2D eigenvalue weighted by molar-refractivity contribution is 7.99. The van der Waals surface area contributed by atoms with Crippen LogP contribution in [0.1, 0.15) is 33.2 Å². The lowest BCUT2D eigenvalue weighted by atomic mass is 10.1. The summed E-state index contributed by atoms with van der Waals surface area (Å²) in [6, 6.07) is 16.5. The molecule has 0 unspecified atom stereocenters. The van der Waals surface area contributed by atoms with Crippen molar-refractivity contribution < 1.29 is 14.3 Å². The van der Waals surface area contributed by atoms with Crippen molar-refractivity contribution in [2.24, 2.45) is 0 Å². The number of carbonyl (C=O) groups excluding carboxylic acids is 2. The molecule has 0 aliphatic carbocycles. The number of methoxy groups -OCH3 is 1. The van der Waals surface area contributed by atoms with E-state index in [0.29, 0.717) is 29.2 Å². The van der Waals surface area contributed by atoms with E-state index < -0.39 is 0 Å². The molecule has 2 amide bonds. The molecular formula is C23H21N3O3S. The van der Waals surface area contributed by atoms with Crippen LogP contribution < -0.4 is 15.0 Å². The summed E-state index contributed by atoms with van der Waals surface area (Å²) in [5, 5.41) is 3.59. The van der Waals surface area contributed by atoms with Gasteiger partial charge in [0.1, 0.15) is 10.8 Å². The lowest BCUT2D eigenvalue weighted by Crippen LogP contribution is -2.30. The fraction of sp³-hybridized carbons (Fsp3) is 0.174. The molecule has 2 aromatic carbocycles. The Morgan fingerprint density at radius 2 is 2.00 bits per heavy atom. The van der Waals surface area contributed by atoms with Gasteiger partial charge in [-0.2, -0.15) is 0 Å². The number of anilines is 1. The van der Waals surface area contributed by atoms with Crippen LogP contribution >= 0.6 is 11.8 Å². The van der Waals surface area contributed by atoms with E-state index in [4.69, 9.17) is 4.74 Å². The molecule has 1 aliphatic heterocycles. The highest BCUT2D eigenvalue weighted by atomic mass is 32.2. The number of ether oxygens (including phenoxy) is 1. The van der Waals surface area contributed by atoms with E-state index in [9.17, 15) is 9.59 Å². The molecule has 2 heterocycles. The Morgan fingerprint density at radius 3 is 2.80 bits per heavy atom. The van der Waals surface area contributed by atoms with Gasteiger partial charge in [0.05, 0.1) is 18.4 Å². The fourth-order valence-electron chi connectivity index (χ4n) is 3.39. The number of rotatable bonds is 5. The highest BCUT2D eigenvalue weighted by Gasteiger charge is 2.27. The summed E-state index contributed by atoms with van der Waals surface area (Å²) in [5.74, 6) is 0.458. The Hall–Kier alpha value is -3.32. The third-order valence-corrected chi connectivity index (χ3v) is 5.98. The average molecular weight is 420 g/mol. The Labute approximate surface area is 179 Å². The maximum atomic E-state index is 13.0. The summed E-state index contributed by atoms with van der Waals surface area (Å²) in [5.41, 5.74) is 2.78. The lowest BCUT2D eigenvalue weighted by molar-refractivity contribution is 0.0949. The smallest absolute Gasteiger partial charge is 0.261 e. The van der Waals surface area contributed by atoms with Crippen molar-refractivity contribution in [1.82, 2.24) is 10.3 Å². The normalized spacial score (nSPS) is 12.6. The van der Waals surface area contributed by atoms with E-state index in [1.165, 1.54) is 11.8 Å². The van der Waals surface area contributed by atoms with Crippen LogP contribution in [-0.2, 0) is 6.54 Å². The first-order chi connectivity index (χ1) is 14.6. The zero-order valence-electron chi connectivity index (χ0n) is 16.7. The van der Waals surface area contributed by atoms with Crippen LogP contribution in [0.15, 0.2) is 70.7 Å². The zero-order chi connectivity index (χ0) is 21.1. The van der Waals surface area contributed by atoms with E-state index in [1.807, 2.05) is 43.3 Å². The van der Waals surface area contributed by atoms with Gasteiger partial charge in [-0.3, -0.25) is 9.59 Å². The second-order valence-electron chi connectivity index (χ2n) is 6.68. The number of nitrogens with one attached hydrogen (secondary N) is 1. The molecule has 1 aromatic heterocycles. The number of hydrogen-bond donors (Lipinski definition) is 1. The molecule has 0 bridgehead atoms. The minimum absolute atomic E-state index is 0.0831. The van der Waals surface area contributed by atoms with Gasteiger partial charge in [0.15, 0.2) is 0 Å². The highest BCUT2D eigenvalue weighted by Crippen LogP contribution is 2.40. The molecule has 1 aliphatic rings. The number of nitrogens with zero attached hydrogens (tertiary/aromatic N) is 2. The number of pyridine rings is 1. The number of amides is 2. The summed E-state index contributed by atoms with van der Waals surface area (Å²) in [6.45, 7) is 2.82. The van der Waals surface area contributed by atoms with Gasteiger partial charge < -0.3 is 15.0 Å². The van der Waals surface area contributed by atoms with Crippen LogP contribution in [0, 0.1) is 0 Å². The molecule has 1 N–H and O–H groups in total. The first-order valence-electron chi connectivity index (χ1n) is 9.61. The summed E-state index contributed by atoms with van der Waals surface area (Å²) < 4.78 is 5.34. The van der Waals surface area contributed by atoms with Gasteiger partial charge in [0, 0.05) is 35.3 Å². The van der Waals surface area contributed by atoms with Crippen LogP contribution in [0.25, 0.3) is 0 Å². The molecule has 6 nitrogen and oxygen atoms in total. The second kappa shape index (κ2) is 8.59. The van der Waals surface area contributed by atoms with E-state index in [0.717, 1.165) is 21.9 Å². The Bertz CT molecular complexity index is 1120. The Balaban J connectivity index is 1.61. The van der Waals surface area contributed by atoms with Crippen LogP contribution in [0.4, 0.5) is 5.69 Å². The van der Waals surface area contributed by atoms with Crippen molar-refractivity contribution in [2.75, 3.05) is 18.6 Å². The molecule has 0 fully saturated rings. The van der Waals surface area contributed by atoms with Crippen molar-refractivity contribution in [3.63, 3.8) is 0 Å². The summed E-state index contributed by atoms with van der Waals surface area (Å²) in [6.07, 6.45) is 1.67. The molecule has 7 heteroatoms. The molecule has 0 spiro atoms. The average Bonchev–Trinajstić information content (AvgIpc) is 2.90. The zero-order valence-corrected chi connectivity index (χ0v) is 17.5. The number of carbonyl (C=O) groups is 2. The monoisotopic (exact) mass is 419 g/mol. The molecule has 3 aromatic rings. The second-order valence-corrected chi connectivity index (χ2v) is 7.72. The summed E-state index contributed by atoms with van der Waals surface area (Å²) >= 11 is 1.40. The predicted molar refractivity (Wildman–Crippen MR) is 116 cm³/mol. The first-order valence-corrected chi connectivity index (χ1v) is 10.4. The quantitative estimate of drug-likeness (QED) is 0.673. The van der Waals surface area contributed by atoms with Crippen LogP contribution in [-0.4, -0.2) is 30.5 Å². The molecule has 0 saturated carbocycles. The molecular weight excluding hydrogens is 398 g/mol. The SMILES string of the molecule is CCN1C(=O)c2cccnc2Sc2cc(C(=O)NCc3ccccc3OC)ccc21. The van der Waals surface area contributed by atoms with E-state index in [1.54, 1.807) is 36.4 Å². The van der Waals surface area contributed by atoms with Crippen molar-refractivity contribution in [3.05, 3.63) is 77.5 Å².